The van der Waals surface area contributed by atoms with E-state index in [1.54, 1.807) is 0 Å². The lowest BCUT2D eigenvalue weighted by Crippen LogP contribution is -2.26. The van der Waals surface area contributed by atoms with Crippen molar-refractivity contribution in [3.63, 3.8) is 0 Å². The molecule has 32 heavy (non-hydrogen) atoms. The number of nitrogens with zero attached hydrogens (tertiary/aromatic N) is 2. The maximum absolute atomic E-state index is 14.2. The quantitative estimate of drug-likeness (QED) is 0.299. The molecule has 0 amide bonds. The van der Waals surface area contributed by atoms with Crippen LogP contribution >= 0.6 is 15.9 Å². The van der Waals surface area contributed by atoms with E-state index in [1.807, 2.05) is 0 Å². The van der Waals surface area contributed by atoms with Crippen LogP contribution in [0.25, 0.3) is 0 Å². The highest BCUT2D eigenvalue weighted by atomic mass is 79.9. The molecule has 2 rings (SSSR count). The minimum absolute atomic E-state index is 0.0375. The number of hydrogen-bond acceptors (Lipinski definition) is 3. The largest absolute Gasteiger partial charge is 0.573 e. The van der Waals surface area contributed by atoms with Crippen LogP contribution in [0.4, 0.5) is 40.8 Å². The van der Waals surface area contributed by atoms with Crippen LogP contribution in [-0.2, 0) is 6.18 Å². The van der Waals surface area contributed by atoms with Crippen LogP contribution in [0.1, 0.15) is 5.56 Å². The van der Waals surface area contributed by atoms with Crippen LogP contribution in [-0.4, -0.2) is 18.3 Å². The van der Waals surface area contributed by atoms with Gasteiger partial charge in [-0.15, -0.1) is 13.2 Å². The van der Waals surface area contributed by atoms with Crippen molar-refractivity contribution in [2.24, 2.45) is 27.2 Å². The Morgan fingerprint density at radius 2 is 1.44 bits per heavy atom. The van der Waals surface area contributed by atoms with Gasteiger partial charge in [-0.3, -0.25) is 0 Å². The molecule has 0 saturated carbocycles. The number of guanidine groups is 2. The molecule has 7 nitrogen and oxygen atoms in total. The first-order valence-electron chi connectivity index (χ1n) is 7.84. The third-order valence-corrected chi connectivity index (χ3v) is 3.83. The molecule has 16 heteroatoms. The van der Waals surface area contributed by atoms with Crippen LogP contribution in [0, 0.1) is 11.6 Å². The van der Waals surface area contributed by atoms with Crippen molar-refractivity contribution in [2.45, 2.75) is 12.5 Å². The highest BCUT2D eigenvalue weighted by Gasteiger charge is 2.34. The van der Waals surface area contributed by atoms with Crippen LogP contribution in [0.2, 0.25) is 0 Å². The van der Waals surface area contributed by atoms with Gasteiger partial charge in [-0.1, -0.05) is 0 Å². The molecule has 0 aliphatic heterocycles. The highest BCUT2D eigenvalue weighted by molar-refractivity contribution is 9.10. The molecule has 0 atom stereocenters. The Morgan fingerprint density at radius 3 is 1.91 bits per heavy atom. The predicted octanol–water partition coefficient (Wildman–Crippen LogP) is 4.66. The third-order valence-electron chi connectivity index (χ3n) is 3.24. The van der Waals surface area contributed by atoms with Crippen LogP contribution in [0.5, 0.6) is 17.2 Å². The predicted molar refractivity (Wildman–Crippen MR) is 99.4 cm³/mol. The fourth-order valence-corrected chi connectivity index (χ4v) is 2.64. The molecule has 0 unspecified atom stereocenters. The van der Waals surface area contributed by atoms with Crippen LogP contribution < -0.4 is 26.7 Å². The summed E-state index contributed by atoms with van der Waals surface area (Å²) in [5.41, 5.74) is 13.4. The molecule has 0 bridgehead atoms. The summed E-state index contributed by atoms with van der Waals surface area (Å²) < 4.78 is 112. The van der Waals surface area contributed by atoms with Gasteiger partial charge in [-0.05, 0) is 34.1 Å². The second-order valence-electron chi connectivity index (χ2n) is 5.68. The Kier molecular flexibility index (Phi) is 7.06. The average molecular weight is 536 g/mol. The number of aliphatic imine (C=N–C) groups is 2. The number of rotatable bonds is 4. The van der Waals surface area contributed by atoms with Crippen molar-refractivity contribution in [1.29, 1.82) is 0 Å². The zero-order chi connectivity index (χ0) is 24.4. The normalized spacial score (nSPS) is 12.5. The molecule has 0 radical (unpaired) electrons. The molecule has 0 aliphatic carbocycles. The highest BCUT2D eigenvalue weighted by Crippen LogP contribution is 2.44. The number of benzene rings is 2. The fraction of sp³-hybridized carbons (Fsp3) is 0.125. The summed E-state index contributed by atoms with van der Waals surface area (Å²) in [5.74, 6) is -7.62. The van der Waals surface area contributed by atoms with Gasteiger partial charge in [-0.25, -0.2) is 13.8 Å². The van der Waals surface area contributed by atoms with Crippen molar-refractivity contribution in [2.75, 3.05) is 0 Å². The summed E-state index contributed by atoms with van der Waals surface area (Å²) in [6.45, 7) is 0. The van der Waals surface area contributed by atoms with E-state index in [2.05, 4.69) is 30.7 Å². The molecular formula is C16H10BrF8N5O2. The van der Waals surface area contributed by atoms with E-state index < -0.39 is 69.1 Å². The van der Waals surface area contributed by atoms with E-state index in [9.17, 15) is 35.1 Å². The molecule has 0 heterocycles. The van der Waals surface area contributed by atoms with Crippen molar-refractivity contribution in [3.8, 4) is 17.2 Å². The van der Waals surface area contributed by atoms with E-state index in [-0.39, 0.29) is 12.1 Å². The monoisotopic (exact) mass is 535 g/mol. The second kappa shape index (κ2) is 9.05. The third kappa shape index (κ3) is 6.60. The number of hydrogen-bond donors (Lipinski definition) is 3. The SMILES string of the molecule is NC(N)=NC(N)=Nc1cc(OC(F)(F)F)cc(Br)c1Oc1c(F)cc(C(F)(F)F)cc1F. The first kappa shape index (κ1) is 25.0. The number of halogens is 9. The lowest BCUT2D eigenvalue weighted by Gasteiger charge is -2.16. The van der Waals surface area contributed by atoms with Gasteiger partial charge in [0.1, 0.15) is 11.4 Å². The molecule has 0 fully saturated rings. The first-order valence-corrected chi connectivity index (χ1v) is 8.63. The fourth-order valence-electron chi connectivity index (χ4n) is 2.14. The maximum atomic E-state index is 14.2. The standard InChI is InChI=1S/C16H10BrF8N5O2/c17-7-3-6(32-16(23,24)25)4-10(29-14(28)30-13(26)27)11(7)31-12-8(18)1-5(2-9(12)19)15(20,21)22/h1-4H,(H6,26,27,28,29,30). The van der Waals surface area contributed by atoms with Gasteiger partial charge in [0.25, 0.3) is 0 Å². The summed E-state index contributed by atoms with van der Waals surface area (Å²) in [5, 5.41) is 0. The van der Waals surface area contributed by atoms with Gasteiger partial charge in [0.05, 0.1) is 10.0 Å². The zero-order valence-corrected chi connectivity index (χ0v) is 16.7. The summed E-state index contributed by atoms with van der Waals surface area (Å²) in [6, 6.07) is 1.22. The molecule has 174 valence electrons. The molecule has 2 aromatic rings. The van der Waals surface area contributed by atoms with Crippen molar-refractivity contribution in [1.82, 2.24) is 0 Å². The average Bonchev–Trinajstić information content (AvgIpc) is 2.56. The Labute approximate surface area is 181 Å². The second-order valence-corrected chi connectivity index (χ2v) is 6.53. The maximum Gasteiger partial charge on any atom is 0.573 e. The van der Waals surface area contributed by atoms with E-state index >= 15 is 0 Å². The summed E-state index contributed by atoms with van der Waals surface area (Å²) >= 11 is 2.81. The molecule has 0 aliphatic rings. The van der Waals surface area contributed by atoms with Gasteiger partial charge >= 0.3 is 12.5 Å². The minimum atomic E-state index is -5.13. The Morgan fingerprint density at radius 1 is 0.875 bits per heavy atom. The van der Waals surface area contributed by atoms with Gasteiger partial charge in [0.2, 0.25) is 5.96 Å². The molecule has 0 saturated heterocycles. The topological polar surface area (TPSA) is 121 Å². The summed E-state index contributed by atoms with van der Waals surface area (Å²) in [6.07, 6.45) is -10.2. The smallest absolute Gasteiger partial charge is 0.448 e. The Hall–Kier alpha value is -3.30. The number of ether oxygens (including phenoxy) is 2. The Bertz CT molecular complexity index is 1060. The molecule has 0 spiro atoms. The zero-order valence-electron chi connectivity index (χ0n) is 15.2. The summed E-state index contributed by atoms with van der Waals surface area (Å²) in [4.78, 5) is 6.90. The first-order chi connectivity index (χ1) is 14.6. The van der Waals surface area contributed by atoms with Crippen LogP contribution in [0.15, 0.2) is 38.7 Å². The van der Waals surface area contributed by atoms with Crippen LogP contribution in [0.3, 0.4) is 0 Å². The molecular weight excluding hydrogens is 526 g/mol. The molecule has 6 N–H and O–H groups in total. The van der Waals surface area contributed by atoms with Crippen molar-refractivity contribution < 1.29 is 44.6 Å². The van der Waals surface area contributed by atoms with Crippen molar-refractivity contribution in [3.05, 3.63) is 45.9 Å². The van der Waals surface area contributed by atoms with E-state index in [0.29, 0.717) is 12.1 Å². The van der Waals surface area contributed by atoms with Gasteiger partial charge < -0.3 is 26.7 Å². The summed E-state index contributed by atoms with van der Waals surface area (Å²) in [7, 11) is 0. The Balaban J connectivity index is 2.63. The minimum Gasteiger partial charge on any atom is -0.448 e. The van der Waals surface area contributed by atoms with E-state index in [4.69, 9.17) is 21.9 Å². The van der Waals surface area contributed by atoms with Gasteiger partial charge in [0, 0.05) is 6.07 Å². The van der Waals surface area contributed by atoms with E-state index in [1.165, 1.54) is 0 Å². The van der Waals surface area contributed by atoms with Gasteiger partial charge in [0.15, 0.2) is 29.1 Å². The van der Waals surface area contributed by atoms with E-state index in [0.717, 1.165) is 0 Å². The lowest BCUT2D eigenvalue weighted by atomic mass is 10.2. The van der Waals surface area contributed by atoms with Gasteiger partial charge in [-0.2, -0.15) is 18.2 Å². The number of alkyl halides is 6. The molecule has 0 aromatic heterocycles. The lowest BCUT2D eigenvalue weighted by molar-refractivity contribution is -0.274. The molecule has 2 aromatic carbocycles. The van der Waals surface area contributed by atoms with Crippen molar-refractivity contribution >= 4 is 33.5 Å². The number of nitrogens with two attached hydrogens (primary N) is 3.